The number of nitrogens with one attached hydrogen (secondary N) is 1. The van der Waals surface area contributed by atoms with E-state index in [-0.39, 0.29) is 30.0 Å². The first-order valence-corrected chi connectivity index (χ1v) is 11.6. The Bertz CT molecular complexity index is 481. The zero-order valence-corrected chi connectivity index (χ0v) is 17.8. The Morgan fingerprint density at radius 3 is 2.48 bits per heavy atom. The van der Waals surface area contributed by atoms with Crippen molar-refractivity contribution in [3.05, 3.63) is 0 Å². The van der Waals surface area contributed by atoms with E-state index in [1.54, 1.807) is 7.11 Å². The molecular formula is C18H35BNO6P. The second kappa shape index (κ2) is 12.9. The van der Waals surface area contributed by atoms with Crippen molar-refractivity contribution in [2.24, 2.45) is 11.8 Å². The lowest BCUT2D eigenvalue weighted by Crippen LogP contribution is -2.28. The molecule has 1 amide bonds. The topological polar surface area (TPSA) is 94.1 Å². The molecule has 0 bridgehead atoms. The Morgan fingerprint density at radius 2 is 1.85 bits per heavy atom. The molecule has 0 aromatic rings. The summed E-state index contributed by atoms with van der Waals surface area (Å²) in [7, 11) is 5.33. The van der Waals surface area contributed by atoms with Crippen LogP contribution < -0.4 is 5.32 Å². The summed E-state index contributed by atoms with van der Waals surface area (Å²) in [5.74, 6) is -0.0382. The highest BCUT2D eigenvalue weighted by molar-refractivity contribution is 7.52. The first-order valence-electron chi connectivity index (χ1n) is 9.88. The molecule has 1 aliphatic heterocycles. The van der Waals surface area contributed by atoms with E-state index in [1.165, 1.54) is 7.11 Å². The molecule has 1 saturated heterocycles. The number of rotatable bonds is 14. The van der Waals surface area contributed by atoms with Crippen LogP contribution in [0, 0.1) is 11.8 Å². The van der Waals surface area contributed by atoms with Crippen LogP contribution >= 0.6 is 7.60 Å². The van der Waals surface area contributed by atoms with Gasteiger partial charge >= 0.3 is 7.60 Å². The van der Waals surface area contributed by atoms with E-state index in [1.807, 2.05) is 6.92 Å². The van der Waals surface area contributed by atoms with Gasteiger partial charge in [-0.15, -0.1) is 0 Å². The molecule has 2 unspecified atom stereocenters. The normalized spacial score (nSPS) is 27.4. The van der Waals surface area contributed by atoms with Crippen molar-refractivity contribution in [1.29, 1.82) is 0 Å². The maximum atomic E-state index is 12.1. The fourth-order valence-corrected chi connectivity index (χ4v) is 4.80. The van der Waals surface area contributed by atoms with E-state index < -0.39 is 13.6 Å². The lowest BCUT2D eigenvalue weighted by molar-refractivity contribution is -0.120. The van der Waals surface area contributed by atoms with Crippen LogP contribution in [0.25, 0.3) is 0 Å². The first kappa shape index (κ1) is 24.6. The smallest absolute Gasteiger partial charge is 0.328 e. The van der Waals surface area contributed by atoms with Gasteiger partial charge in [-0.1, -0.05) is 32.6 Å². The lowest BCUT2D eigenvalue weighted by Gasteiger charge is -2.25. The number of hydrogen-bond acceptors (Lipinski definition) is 5. The van der Waals surface area contributed by atoms with Crippen LogP contribution in [0.15, 0.2) is 0 Å². The van der Waals surface area contributed by atoms with Gasteiger partial charge in [-0.3, -0.25) is 9.36 Å². The van der Waals surface area contributed by atoms with Gasteiger partial charge in [0.05, 0.1) is 18.9 Å². The van der Waals surface area contributed by atoms with E-state index in [0.29, 0.717) is 13.0 Å². The number of ether oxygens (including phenoxy) is 2. The van der Waals surface area contributed by atoms with E-state index in [4.69, 9.17) is 21.8 Å². The Labute approximate surface area is 164 Å². The van der Waals surface area contributed by atoms with Crippen molar-refractivity contribution in [1.82, 2.24) is 5.32 Å². The van der Waals surface area contributed by atoms with Crippen LogP contribution in [-0.4, -0.2) is 64.3 Å². The minimum absolute atomic E-state index is 0.0182. The first-order chi connectivity index (χ1) is 12.8. The third-order valence-corrected chi connectivity index (χ3v) is 6.65. The van der Waals surface area contributed by atoms with Gasteiger partial charge in [-0.2, -0.15) is 0 Å². The second-order valence-corrected chi connectivity index (χ2v) is 9.19. The summed E-state index contributed by atoms with van der Waals surface area (Å²) in [5.41, 5.74) is 0. The number of carbonyl (C=O) groups is 1. The summed E-state index contributed by atoms with van der Waals surface area (Å²) >= 11 is 0. The molecule has 27 heavy (non-hydrogen) atoms. The molecule has 156 valence electrons. The maximum absolute atomic E-state index is 12.1. The molecule has 0 saturated carbocycles. The fourth-order valence-electron chi connectivity index (χ4n) is 3.61. The summed E-state index contributed by atoms with van der Waals surface area (Å²) in [5, 5.41) is 2.88. The predicted octanol–water partition coefficient (Wildman–Crippen LogP) is 2.46. The standard InChI is InChI=1S/C18H35BNO6P/c1-4-17(21)20-11-9-7-5-6-8-10-14-15(13-27(22,23)25-3)16(12-24-2)26-18(14)19/h14-16,18H,4-13H2,1-3H3,(H,20,21)(H,22,23)/t14-,15?,16+,18+/m0/s1. The summed E-state index contributed by atoms with van der Waals surface area (Å²) in [6.07, 6.45) is 6.32. The number of unbranched alkanes of at least 4 members (excludes halogenated alkanes) is 4. The molecule has 0 aliphatic carbocycles. The highest BCUT2D eigenvalue weighted by Gasteiger charge is 2.44. The predicted molar refractivity (Wildman–Crippen MR) is 106 cm³/mol. The SMILES string of the molecule is [B][C@@H]1O[C@H](COC)C(CP(=O)(O)OC)[C@@H]1CCCCCCCNC(=O)CC. The summed E-state index contributed by atoms with van der Waals surface area (Å²) in [4.78, 5) is 21.0. The molecule has 0 aromatic carbocycles. The number of methoxy groups -OCH3 is 1. The third-order valence-electron chi connectivity index (χ3n) is 5.20. The zero-order valence-electron chi connectivity index (χ0n) is 16.9. The van der Waals surface area contributed by atoms with Gasteiger partial charge in [-0.25, -0.2) is 0 Å². The Balaban J connectivity index is 2.37. The van der Waals surface area contributed by atoms with Gasteiger partial charge in [-0.05, 0) is 18.8 Å². The van der Waals surface area contributed by atoms with Crippen LogP contribution in [0.1, 0.15) is 51.9 Å². The Hall–Kier alpha value is -0.395. The highest BCUT2D eigenvalue weighted by atomic mass is 31.2. The number of carbonyl (C=O) groups excluding carboxylic acids is 1. The quantitative estimate of drug-likeness (QED) is 0.263. The van der Waals surface area contributed by atoms with Gasteiger partial charge in [0.2, 0.25) is 5.91 Å². The summed E-state index contributed by atoms with van der Waals surface area (Å²) < 4.78 is 27.8. The molecule has 1 aliphatic rings. The van der Waals surface area contributed by atoms with Crippen molar-refractivity contribution in [2.75, 3.05) is 33.5 Å². The van der Waals surface area contributed by atoms with E-state index in [0.717, 1.165) is 45.1 Å². The number of hydrogen-bond donors (Lipinski definition) is 2. The van der Waals surface area contributed by atoms with Gasteiger partial charge in [0.15, 0.2) is 0 Å². The minimum Gasteiger partial charge on any atom is -0.382 e. The lowest BCUT2D eigenvalue weighted by atomic mass is 9.77. The number of amides is 1. The van der Waals surface area contributed by atoms with Crippen LogP contribution in [0.2, 0.25) is 0 Å². The highest BCUT2D eigenvalue weighted by Crippen LogP contribution is 2.48. The molecule has 1 rings (SSSR count). The van der Waals surface area contributed by atoms with Crippen molar-refractivity contribution in [3.63, 3.8) is 0 Å². The Morgan fingerprint density at radius 1 is 1.19 bits per heavy atom. The van der Waals surface area contributed by atoms with Crippen LogP contribution in [0.4, 0.5) is 0 Å². The molecule has 0 spiro atoms. The molecule has 9 heteroatoms. The van der Waals surface area contributed by atoms with Gasteiger partial charge < -0.3 is 24.2 Å². The van der Waals surface area contributed by atoms with Gasteiger partial charge in [0.25, 0.3) is 0 Å². The molecular weight excluding hydrogens is 368 g/mol. The molecule has 5 atom stereocenters. The molecule has 1 heterocycles. The van der Waals surface area contributed by atoms with E-state index >= 15 is 0 Å². The Kier molecular flexibility index (Phi) is 11.8. The molecule has 0 aromatic heterocycles. The van der Waals surface area contributed by atoms with Crippen LogP contribution in [0.5, 0.6) is 0 Å². The van der Waals surface area contributed by atoms with Crippen molar-refractivity contribution < 1.29 is 28.3 Å². The van der Waals surface area contributed by atoms with Crippen molar-refractivity contribution in [3.8, 4) is 0 Å². The average Bonchev–Trinajstić information content (AvgIpc) is 2.91. The summed E-state index contributed by atoms with van der Waals surface area (Å²) in [6, 6.07) is -0.448. The zero-order chi connectivity index (χ0) is 20.3. The third kappa shape index (κ3) is 9.10. The molecule has 2 radical (unpaired) electrons. The monoisotopic (exact) mass is 403 g/mol. The minimum atomic E-state index is -3.64. The molecule has 2 N–H and O–H groups in total. The average molecular weight is 403 g/mol. The fraction of sp³-hybridized carbons (Fsp3) is 0.944. The van der Waals surface area contributed by atoms with Crippen LogP contribution in [-0.2, 0) is 23.4 Å². The maximum Gasteiger partial charge on any atom is 0.328 e. The van der Waals surface area contributed by atoms with Crippen molar-refractivity contribution in [2.45, 2.75) is 64.0 Å². The summed E-state index contributed by atoms with van der Waals surface area (Å²) in [6.45, 7) is 2.93. The van der Waals surface area contributed by atoms with Gasteiger partial charge in [0.1, 0.15) is 7.85 Å². The van der Waals surface area contributed by atoms with Gasteiger partial charge in [0, 0.05) is 39.1 Å². The van der Waals surface area contributed by atoms with Crippen LogP contribution in [0.3, 0.4) is 0 Å². The second-order valence-electron chi connectivity index (χ2n) is 7.18. The molecule has 1 fully saturated rings. The van der Waals surface area contributed by atoms with Crippen molar-refractivity contribution >= 4 is 21.3 Å². The molecule has 7 nitrogen and oxygen atoms in total. The van der Waals surface area contributed by atoms with E-state index in [9.17, 15) is 14.3 Å². The van der Waals surface area contributed by atoms with E-state index in [2.05, 4.69) is 5.32 Å². The largest absolute Gasteiger partial charge is 0.382 e.